The van der Waals surface area contributed by atoms with Crippen LogP contribution in [0.5, 0.6) is 0 Å². The minimum atomic E-state index is -0.101. The fraction of sp³-hybridized carbons (Fsp3) is 0.850. The maximum atomic E-state index is 4.79. The van der Waals surface area contributed by atoms with Crippen molar-refractivity contribution in [2.75, 3.05) is 0 Å². The third kappa shape index (κ3) is 4.57. The minimum absolute atomic E-state index is 0.0478. The molecule has 6 heteroatoms. The van der Waals surface area contributed by atoms with Gasteiger partial charge in [-0.05, 0) is 33.6 Å². The Labute approximate surface area is 158 Å². The Balaban J connectivity index is 2.08. The van der Waals surface area contributed by atoms with Crippen molar-refractivity contribution in [3.8, 4) is 0 Å². The zero-order valence-electron chi connectivity index (χ0n) is 18.3. The quantitative estimate of drug-likeness (QED) is 0.710. The number of nitrogens with zero attached hydrogens (tertiary/aromatic N) is 6. The summed E-state index contributed by atoms with van der Waals surface area (Å²) in [4.78, 5) is 6.60. The molecule has 1 aromatic rings. The fourth-order valence-corrected chi connectivity index (χ4v) is 2.74. The molecule has 0 aliphatic carbocycles. The van der Waals surface area contributed by atoms with E-state index in [-0.39, 0.29) is 27.9 Å². The van der Waals surface area contributed by atoms with E-state index in [4.69, 9.17) is 10.1 Å². The molecule has 0 radical (unpaired) electrons. The minimum Gasteiger partial charge on any atom is -0.239 e. The zero-order valence-corrected chi connectivity index (χ0v) is 18.3. The molecule has 6 nitrogen and oxygen atoms in total. The van der Waals surface area contributed by atoms with Gasteiger partial charge in [-0.15, -0.1) is 5.11 Å². The van der Waals surface area contributed by atoms with E-state index in [0.29, 0.717) is 0 Å². The van der Waals surface area contributed by atoms with Crippen molar-refractivity contribution in [2.24, 2.45) is 26.1 Å². The Morgan fingerprint density at radius 2 is 1.54 bits per heavy atom. The second-order valence-electron chi connectivity index (χ2n) is 10.9. The van der Waals surface area contributed by atoms with Gasteiger partial charge in [-0.1, -0.05) is 48.5 Å². The van der Waals surface area contributed by atoms with Crippen LogP contribution in [0.2, 0.25) is 0 Å². The number of azo groups is 1. The first-order valence-corrected chi connectivity index (χ1v) is 9.55. The van der Waals surface area contributed by atoms with Crippen molar-refractivity contribution < 1.29 is 0 Å². The first kappa shape index (κ1) is 20.7. The molecule has 2 rings (SSSR count). The summed E-state index contributed by atoms with van der Waals surface area (Å²) in [6.45, 7) is 21.7. The summed E-state index contributed by atoms with van der Waals surface area (Å²) in [7, 11) is 0. The van der Waals surface area contributed by atoms with Crippen LogP contribution in [0, 0.1) is 10.8 Å². The van der Waals surface area contributed by atoms with Crippen molar-refractivity contribution in [3.63, 3.8) is 0 Å². The number of hydrogen-bond donors (Lipinski definition) is 0. The van der Waals surface area contributed by atoms with E-state index in [0.717, 1.165) is 24.4 Å². The van der Waals surface area contributed by atoms with Crippen LogP contribution < -0.4 is 0 Å². The van der Waals surface area contributed by atoms with E-state index >= 15 is 0 Å². The lowest BCUT2D eigenvalue weighted by molar-refractivity contribution is 0.236. The van der Waals surface area contributed by atoms with E-state index in [1.165, 1.54) is 0 Å². The molecular weight excluding hydrogens is 324 g/mol. The Morgan fingerprint density at radius 1 is 0.923 bits per heavy atom. The van der Waals surface area contributed by atoms with Crippen LogP contribution in [0.1, 0.15) is 87.8 Å². The highest BCUT2D eigenvalue weighted by Gasteiger charge is 2.37. The van der Waals surface area contributed by atoms with Gasteiger partial charge in [-0.2, -0.15) is 20.1 Å². The lowest BCUT2D eigenvalue weighted by Crippen LogP contribution is -2.30. The Morgan fingerprint density at radius 3 is 2.00 bits per heavy atom. The largest absolute Gasteiger partial charge is 0.239 e. The Hall–Kier alpha value is -1.59. The van der Waals surface area contributed by atoms with E-state index in [1.807, 2.05) is 6.20 Å². The highest BCUT2D eigenvalue weighted by molar-refractivity contribution is 5.88. The summed E-state index contributed by atoms with van der Waals surface area (Å²) in [5.74, 6) is 0.850. The third-order valence-electron chi connectivity index (χ3n) is 5.06. The monoisotopic (exact) mass is 360 g/mol. The fourth-order valence-electron chi connectivity index (χ4n) is 2.74. The van der Waals surface area contributed by atoms with Gasteiger partial charge in [0, 0.05) is 16.2 Å². The summed E-state index contributed by atoms with van der Waals surface area (Å²) in [6.07, 6.45) is 3.80. The van der Waals surface area contributed by atoms with Crippen LogP contribution in [0.3, 0.4) is 0 Å². The molecule has 0 spiro atoms. The number of amidine groups is 1. The predicted molar refractivity (Wildman–Crippen MR) is 107 cm³/mol. The first-order valence-electron chi connectivity index (χ1n) is 9.55. The van der Waals surface area contributed by atoms with Crippen molar-refractivity contribution in [3.05, 3.63) is 11.9 Å². The average Bonchev–Trinajstić information content (AvgIpc) is 3.13. The maximum absolute atomic E-state index is 4.79. The van der Waals surface area contributed by atoms with Crippen molar-refractivity contribution >= 4 is 5.84 Å². The van der Waals surface area contributed by atoms with Gasteiger partial charge in [0.05, 0.1) is 17.4 Å². The molecule has 0 N–H and O–H groups in total. The summed E-state index contributed by atoms with van der Waals surface area (Å²) in [5, 5.41) is 18.0. The van der Waals surface area contributed by atoms with Gasteiger partial charge < -0.3 is 0 Å². The van der Waals surface area contributed by atoms with Crippen molar-refractivity contribution in [1.29, 1.82) is 0 Å². The lowest BCUT2D eigenvalue weighted by atomic mass is 9.76. The lowest BCUT2D eigenvalue weighted by Gasteiger charge is -2.31. The smallest absolute Gasteiger partial charge is 0.167 e. The van der Waals surface area contributed by atoms with Crippen LogP contribution in [-0.2, 0) is 11.0 Å². The molecule has 1 aromatic heterocycles. The third-order valence-corrected chi connectivity index (χ3v) is 5.06. The Bertz CT molecular complexity index is 695. The normalized spacial score (nSPS) is 19.2. The second-order valence-corrected chi connectivity index (χ2v) is 10.9. The van der Waals surface area contributed by atoms with Crippen LogP contribution >= 0.6 is 0 Å². The molecule has 1 atom stereocenters. The van der Waals surface area contributed by atoms with Gasteiger partial charge in [-0.3, -0.25) is 0 Å². The molecule has 0 saturated carbocycles. The van der Waals surface area contributed by atoms with E-state index in [2.05, 4.69) is 84.6 Å². The van der Waals surface area contributed by atoms with Gasteiger partial charge in [-0.25, -0.2) is 4.99 Å². The van der Waals surface area contributed by atoms with Gasteiger partial charge in [0.2, 0.25) is 0 Å². The predicted octanol–water partition coefficient (Wildman–Crippen LogP) is 5.35. The summed E-state index contributed by atoms with van der Waals surface area (Å²) >= 11 is 0. The molecule has 1 aliphatic rings. The summed E-state index contributed by atoms with van der Waals surface area (Å²) in [5.41, 5.74) is 0.783. The van der Waals surface area contributed by atoms with Gasteiger partial charge >= 0.3 is 0 Å². The highest BCUT2D eigenvalue weighted by Crippen LogP contribution is 2.39. The van der Waals surface area contributed by atoms with Gasteiger partial charge in [0.15, 0.2) is 12.0 Å². The molecule has 0 aromatic carbocycles. The topological polar surface area (TPSA) is 67.8 Å². The Kier molecular flexibility index (Phi) is 5.21. The first-order chi connectivity index (χ1) is 11.6. The number of hydrogen-bond acceptors (Lipinski definition) is 5. The maximum Gasteiger partial charge on any atom is 0.167 e. The van der Waals surface area contributed by atoms with Gasteiger partial charge in [0.25, 0.3) is 0 Å². The van der Waals surface area contributed by atoms with Crippen molar-refractivity contribution in [2.45, 2.75) is 99.2 Å². The molecule has 0 saturated heterocycles. The van der Waals surface area contributed by atoms with Crippen LogP contribution in [0.4, 0.5) is 0 Å². The van der Waals surface area contributed by atoms with Crippen LogP contribution in [0.25, 0.3) is 0 Å². The zero-order chi connectivity index (χ0) is 20.0. The van der Waals surface area contributed by atoms with E-state index < -0.39 is 0 Å². The summed E-state index contributed by atoms with van der Waals surface area (Å²) in [6, 6.07) is 0. The van der Waals surface area contributed by atoms with Gasteiger partial charge in [0.1, 0.15) is 0 Å². The molecule has 146 valence electrons. The molecule has 0 amide bonds. The second kappa shape index (κ2) is 6.54. The van der Waals surface area contributed by atoms with Crippen LogP contribution in [-0.4, -0.2) is 27.0 Å². The highest BCUT2D eigenvalue weighted by atomic mass is 15.5. The van der Waals surface area contributed by atoms with E-state index in [9.17, 15) is 0 Å². The van der Waals surface area contributed by atoms with Crippen LogP contribution in [0.15, 0.2) is 21.4 Å². The molecule has 0 fully saturated rings. The molecule has 1 unspecified atom stereocenters. The number of aliphatic imine (C=N–C) groups is 1. The van der Waals surface area contributed by atoms with Crippen molar-refractivity contribution in [1.82, 2.24) is 15.0 Å². The SMILES string of the molecule is CC(C)(C)C1=NC(C(C)(C)CCC(C)(C)c2cnn(C(C)(C)C)n2)N=N1. The summed E-state index contributed by atoms with van der Waals surface area (Å²) < 4.78 is 0. The van der Waals surface area contributed by atoms with E-state index in [1.54, 1.807) is 4.80 Å². The molecule has 0 bridgehead atoms. The molecule has 26 heavy (non-hydrogen) atoms. The molecular formula is C20H36N6. The number of aromatic nitrogens is 3. The standard InChI is InChI=1S/C20H36N6/c1-17(2,3)15-22-16(24-23-15)20(9,10)12-11-19(7,8)14-13-21-26(25-14)18(4,5)6/h13,16H,11-12H2,1-10H3. The molecule has 1 aliphatic heterocycles. The average molecular weight is 361 g/mol. The number of rotatable bonds is 5. The molecule has 2 heterocycles.